The van der Waals surface area contributed by atoms with Gasteiger partial charge in [0.25, 0.3) is 0 Å². The highest BCUT2D eigenvalue weighted by atomic mass is 16.7. The molecule has 1 amide bonds. The number of unbranched alkanes of at least 4 members (excludes halogenated alkanes) is 27. The van der Waals surface area contributed by atoms with Gasteiger partial charge in [-0.3, -0.25) is 4.79 Å². The second-order valence-corrected chi connectivity index (χ2v) is 22.9. The minimum absolute atomic E-state index is 0.233. The minimum atomic E-state index is -1.59. The third kappa shape index (κ3) is 50.2. The van der Waals surface area contributed by atoms with Crippen molar-refractivity contribution < 1.29 is 39.8 Å². The molecule has 0 aromatic rings. The molecule has 7 unspecified atom stereocenters. The van der Waals surface area contributed by atoms with Crippen molar-refractivity contribution in [2.24, 2.45) is 0 Å². The van der Waals surface area contributed by atoms with E-state index in [9.17, 15) is 30.3 Å². The summed E-state index contributed by atoms with van der Waals surface area (Å²) in [6, 6.07) is -0.865. The monoisotopic (exact) mass is 1160 g/mol. The molecule has 0 aromatic heterocycles. The van der Waals surface area contributed by atoms with Gasteiger partial charge >= 0.3 is 0 Å². The van der Waals surface area contributed by atoms with Gasteiger partial charge < -0.3 is 40.3 Å². The van der Waals surface area contributed by atoms with Crippen LogP contribution in [-0.4, -0.2) is 87.5 Å². The second-order valence-electron chi connectivity index (χ2n) is 22.9. The first-order chi connectivity index (χ1) is 40.8. The molecule has 1 saturated heterocycles. The fourth-order valence-corrected chi connectivity index (χ4v) is 9.94. The maximum absolute atomic E-state index is 13.1. The largest absolute Gasteiger partial charge is 0.394 e. The molecule has 0 spiro atoms. The van der Waals surface area contributed by atoms with E-state index in [0.717, 1.165) is 83.5 Å². The third-order valence-corrected chi connectivity index (χ3v) is 15.2. The van der Waals surface area contributed by atoms with E-state index in [-0.39, 0.29) is 18.9 Å². The average Bonchev–Trinajstić information content (AvgIpc) is 3.60. The summed E-state index contributed by atoms with van der Waals surface area (Å²) in [5, 5.41) is 54.6. The van der Waals surface area contributed by atoms with Gasteiger partial charge in [0.1, 0.15) is 24.4 Å². The standard InChI is InChI=1S/C74H125NO8/c1-3-5-7-9-11-13-15-17-19-21-23-25-27-29-31-33-34-36-37-39-41-43-45-47-49-51-53-55-57-59-61-63-68(77)67(66-82-74-73(81)72(80)71(79)69(65-76)83-74)75-70(78)64-62-60-58-56-54-52-50-48-46-44-42-40-38-35-32-30-28-26-24-22-20-18-16-14-12-10-8-6-4-2/h6,8,12,14,18,20,24,26,30,32,38,40,44,46,50,52-53,55-56,58,61,63,67-69,71-74,76-77,79-81H,3-5,7,9-11,13,15-17,19,21-23,25,27-29,31,33-37,39,41-43,45,47-49,51,54,57,59-60,62,64-66H2,1-2H3,(H,75,78)/b8-6-,14-12-,20-18-,26-24-,32-30-,40-38-,46-44-,52-50-,55-53+,58-56-,63-61+. The molecule has 1 heterocycles. The first-order valence-electron chi connectivity index (χ1n) is 33.9. The maximum atomic E-state index is 13.1. The van der Waals surface area contributed by atoms with Crippen LogP contribution in [0.4, 0.5) is 0 Å². The fraction of sp³-hybridized carbons (Fsp3) is 0.689. The second kappa shape index (κ2) is 61.4. The van der Waals surface area contributed by atoms with E-state index in [1.165, 1.54) is 161 Å². The Morgan fingerprint density at radius 3 is 1.16 bits per heavy atom. The normalized spacial score (nSPS) is 19.1. The lowest BCUT2D eigenvalue weighted by molar-refractivity contribution is -0.302. The van der Waals surface area contributed by atoms with Crippen LogP contribution >= 0.6 is 0 Å². The van der Waals surface area contributed by atoms with Gasteiger partial charge in [-0.25, -0.2) is 0 Å². The SMILES string of the molecule is CC/C=C\C/C=C\C/C=C\C/C=C\C/C=C\C/C=C\C/C=C\C/C=C\C/C=C\CCCC(=O)NC(COC1OC(CO)C(O)C(O)C1O)C(O)/C=C/CC/C=C/CCCCCCCCCCCCCCCCCCCCCCCCCCC. The van der Waals surface area contributed by atoms with Gasteiger partial charge in [0.15, 0.2) is 6.29 Å². The molecule has 0 saturated carbocycles. The van der Waals surface area contributed by atoms with Crippen molar-refractivity contribution in [3.05, 3.63) is 134 Å². The predicted octanol–water partition coefficient (Wildman–Crippen LogP) is 18.4. The molecular weight excluding hydrogens is 1030 g/mol. The fourth-order valence-electron chi connectivity index (χ4n) is 9.94. The lowest BCUT2D eigenvalue weighted by Gasteiger charge is -2.40. The summed E-state index contributed by atoms with van der Waals surface area (Å²) >= 11 is 0. The van der Waals surface area contributed by atoms with Crippen molar-refractivity contribution in [2.45, 2.75) is 314 Å². The number of carbonyl (C=O) groups excluding carboxylic acids is 1. The van der Waals surface area contributed by atoms with Crippen LogP contribution < -0.4 is 5.32 Å². The summed E-state index contributed by atoms with van der Waals surface area (Å²) < 4.78 is 11.3. The van der Waals surface area contributed by atoms with E-state index in [1.807, 2.05) is 6.08 Å². The van der Waals surface area contributed by atoms with E-state index < -0.39 is 49.5 Å². The van der Waals surface area contributed by atoms with Gasteiger partial charge in [0.2, 0.25) is 5.91 Å². The van der Waals surface area contributed by atoms with Crippen molar-refractivity contribution in [1.82, 2.24) is 5.32 Å². The summed E-state index contributed by atoms with van der Waals surface area (Å²) in [6.07, 6.45) is 87.0. The van der Waals surface area contributed by atoms with Crippen LogP contribution in [0.3, 0.4) is 0 Å². The zero-order valence-electron chi connectivity index (χ0n) is 52.9. The quantitative estimate of drug-likeness (QED) is 0.0261. The topological polar surface area (TPSA) is 149 Å². The molecule has 0 bridgehead atoms. The van der Waals surface area contributed by atoms with Gasteiger partial charge in [0.05, 0.1) is 25.4 Å². The molecule has 9 nitrogen and oxygen atoms in total. The number of amides is 1. The number of hydrogen-bond acceptors (Lipinski definition) is 8. The number of allylic oxidation sites excluding steroid dienone is 21. The van der Waals surface area contributed by atoms with Gasteiger partial charge in [0, 0.05) is 6.42 Å². The number of ether oxygens (including phenoxy) is 2. The van der Waals surface area contributed by atoms with E-state index in [4.69, 9.17) is 9.47 Å². The molecule has 1 aliphatic heterocycles. The van der Waals surface area contributed by atoms with Crippen LogP contribution in [-0.2, 0) is 14.3 Å². The van der Waals surface area contributed by atoms with Crippen molar-refractivity contribution in [3.63, 3.8) is 0 Å². The summed E-state index contributed by atoms with van der Waals surface area (Å²) in [5.41, 5.74) is 0. The van der Waals surface area contributed by atoms with Crippen molar-refractivity contribution >= 4 is 5.91 Å². The van der Waals surface area contributed by atoms with Crippen LogP contribution in [0.2, 0.25) is 0 Å². The molecule has 0 radical (unpaired) electrons. The number of carbonyl (C=O) groups is 1. The smallest absolute Gasteiger partial charge is 0.220 e. The lowest BCUT2D eigenvalue weighted by atomic mass is 9.99. The average molecular weight is 1160 g/mol. The summed E-state index contributed by atoms with van der Waals surface area (Å²) in [6.45, 7) is 3.63. The van der Waals surface area contributed by atoms with Gasteiger partial charge in [-0.1, -0.05) is 302 Å². The Kier molecular flexibility index (Phi) is 57.2. The van der Waals surface area contributed by atoms with E-state index in [0.29, 0.717) is 6.42 Å². The summed E-state index contributed by atoms with van der Waals surface area (Å²) in [4.78, 5) is 13.1. The molecular formula is C74H125NO8. The highest BCUT2D eigenvalue weighted by Crippen LogP contribution is 2.23. The van der Waals surface area contributed by atoms with Crippen molar-refractivity contribution in [1.29, 1.82) is 0 Å². The number of rotatable bonds is 57. The molecule has 1 aliphatic rings. The Morgan fingerprint density at radius 2 is 0.759 bits per heavy atom. The molecule has 6 N–H and O–H groups in total. The van der Waals surface area contributed by atoms with E-state index in [1.54, 1.807) is 6.08 Å². The third-order valence-electron chi connectivity index (χ3n) is 15.2. The van der Waals surface area contributed by atoms with E-state index in [2.05, 4.69) is 141 Å². The maximum Gasteiger partial charge on any atom is 0.220 e. The van der Waals surface area contributed by atoms with Crippen LogP contribution in [0.5, 0.6) is 0 Å². The van der Waals surface area contributed by atoms with Gasteiger partial charge in [-0.15, -0.1) is 0 Å². The van der Waals surface area contributed by atoms with Crippen molar-refractivity contribution in [2.75, 3.05) is 13.2 Å². The highest BCUT2D eigenvalue weighted by Gasteiger charge is 2.44. The molecule has 1 rings (SSSR count). The first kappa shape index (κ1) is 77.3. The van der Waals surface area contributed by atoms with Crippen LogP contribution in [0.25, 0.3) is 0 Å². The van der Waals surface area contributed by atoms with Crippen molar-refractivity contribution in [3.8, 4) is 0 Å². The van der Waals surface area contributed by atoms with Gasteiger partial charge in [-0.2, -0.15) is 0 Å². The zero-order valence-corrected chi connectivity index (χ0v) is 52.9. The Morgan fingerprint density at radius 1 is 0.422 bits per heavy atom. The Bertz CT molecular complexity index is 1770. The Balaban J connectivity index is 2.24. The Labute approximate surface area is 509 Å². The van der Waals surface area contributed by atoms with Crippen LogP contribution in [0.1, 0.15) is 271 Å². The minimum Gasteiger partial charge on any atom is -0.394 e. The zero-order chi connectivity index (χ0) is 60.0. The molecule has 0 aliphatic carbocycles. The van der Waals surface area contributed by atoms with E-state index >= 15 is 0 Å². The molecule has 474 valence electrons. The first-order valence-corrected chi connectivity index (χ1v) is 33.9. The molecule has 83 heavy (non-hydrogen) atoms. The number of aliphatic hydroxyl groups excluding tert-OH is 5. The molecule has 0 aromatic carbocycles. The molecule has 9 heteroatoms. The summed E-state index contributed by atoms with van der Waals surface area (Å²) in [7, 11) is 0. The van der Waals surface area contributed by atoms with Gasteiger partial charge in [-0.05, 0) is 96.3 Å². The number of aliphatic hydroxyl groups is 5. The number of hydrogen-bond donors (Lipinski definition) is 6. The Hall–Kier alpha value is -3.67. The predicted molar refractivity (Wildman–Crippen MR) is 354 cm³/mol. The lowest BCUT2D eigenvalue weighted by Crippen LogP contribution is -2.60. The molecule has 7 atom stereocenters. The molecule has 1 fully saturated rings. The summed E-state index contributed by atoms with van der Waals surface area (Å²) in [5.74, 6) is -0.247. The number of nitrogens with one attached hydrogen (secondary N) is 1. The van der Waals surface area contributed by atoms with Crippen LogP contribution in [0, 0.1) is 0 Å². The van der Waals surface area contributed by atoms with Crippen LogP contribution in [0.15, 0.2) is 134 Å². The highest BCUT2D eigenvalue weighted by molar-refractivity contribution is 5.76.